The molecular weight excluding hydrogens is 108 g/mol. The first-order chi connectivity index (χ1) is 3.31. The summed E-state index contributed by atoms with van der Waals surface area (Å²) < 4.78 is 0. The van der Waals surface area contributed by atoms with Crippen LogP contribution >= 0.6 is 11.6 Å². The lowest BCUT2D eigenvalue weighted by Crippen LogP contribution is -1.53. The van der Waals surface area contributed by atoms with Crippen LogP contribution in [0.1, 0.15) is 0 Å². The van der Waals surface area contributed by atoms with Gasteiger partial charge in [-0.1, -0.05) is 36.9 Å². The molecule has 0 fully saturated rings. The number of allylic oxidation sites excluding steroid dienone is 4. The molecule has 0 amide bonds. The minimum Gasteiger partial charge on any atom is -0.0990 e. The maximum Gasteiger partial charge on any atom is 0.0399 e. The first-order valence-corrected chi connectivity index (χ1v) is 2.29. The summed E-state index contributed by atoms with van der Waals surface area (Å²) in [6, 6.07) is 0. The first-order valence-electron chi connectivity index (χ1n) is 1.92. The lowest BCUT2D eigenvalue weighted by Gasteiger charge is -1.76. The molecule has 1 heteroatoms. The molecule has 0 bridgehead atoms. The molecule has 0 spiro atoms. The molecule has 38 valence electrons. The summed E-state index contributed by atoms with van der Waals surface area (Å²) in [6.45, 7) is 6.87. The molecule has 0 aliphatic rings. The molecular formula is C6H7Cl. The minimum absolute atomic E-state index is 0.620. The summed E-state index contributed by atoms with van der Waals surface area (Å²) in [5, 5.41) is 0.620. The molecule has 0 heterocycles. The van der Waals surface area contributed by atoms with Crippen molar-refractivity contribution in [3.63, 3.8) is 0 Å². The van der Waals surface area contributed by atoms with E-state index in [1.54, 1.807) is 18.2 Å². The van der Waals surface area contributed by atoms with Gasteiger partial charge >= 0.3 is 0 Å². The van der Waals surface area contributed by atoms with Crippen LogP contribution in [-0.4, -0.2) is 0 Å². The SMILES string of the molecule is C=C/C=C(\Cl)C=C. The van der Waals surface area contributed by atoms with Crippen LogP contribution in [0, 0.1) is 0 Å². The average molecular weight is 115 g/mol. The Morgan fingerprint density at radius 1 is 1.43 bits per heavy atom. The lowest BCUT2D eigenvalue weighted by molar-refractivity contribution is 1.90. The summed E-state index contributed by atoms with van der Waals surface area (Å²) >= 11 is 5.44. The zero-order valence-corrected chi connectivity index (χ0v) is 4.78. The van der Waals surface area contributed by atoms with Gasteiger partial charge in [0.15, 0.2) is 0 Å². The summed E-state index contributed by atoms with van der Waals surface area (Å²) in [5.74, 6) is 0. The Morgan fingerprint density at radius 2 is 2.00 bits per heavy atom. The fraction of sp³-hybridized carbons (Fsp3) is 0. The number of rotatable bonds is 2. The van der Waals surface area contributed by atoms with E-state index >= 15 is 0 Å². The minimum atomic E-state index is 0.620. The quantitative estimate of drug-likeness (QED) is 0.484. The van der Waals surface area contributed by atoms with E-state index in [1.165, 1.54) is 0 Å². The second-order valence-corrected chi connectivity index (χ2v) is 1.43. The summed E-state index contributed by atoms with van der Waals surface area (Å²) in [7, 11) is 0. The Bertz CT molecular complexity index is 101. The highest BCUT2D eigenvalue weighted by Gasteiger charge is 1.72. The van der Waals surface area contributed by atoms with Crippen LogP contribution in [-0.2, 0) is 0 Å². The molecule has 0 saturated carbocycles. The predicted octanol–water partition coefficient (Wildman–Crippen LogP) is 2.48. The average Bonchev–Trinajstić information content (AvgIpc) is 1.68. The van der Waals surface area contributed by atoms with E-state index in [1.807, 2.05) is 0 Å². The van der Waals surface area contributed by atoms with Crippen LogP contribution in [0.2, 0.25) is 0 Å². The van der Waals surface area contributed by atoms with Crippen LogP contribution in [0.25, 0.3) is 0 Å². The third-order valence-corrected chi connectivity index (χ3v) is 0.752. The molecule has 0 aliphatic heterocycles. The highest BCUT2D eigenvalue weighted by Crippen LogP contribution is 1.99. The van der Waals surface area contributed by atoms with Crippen LogP contribution in [0.3, 0.4) is 0 Å². The van der Waals surface area contributed by atoms with Crippen LogP contribution in [0.4, 0.5) is 0 Å². The normalized spacial score (nSPS) is 10.7. The maximum atomic E-state index is 5.44. The molecule has 0 aromatic heterocycles. The molecule has 0 N–H and O–H groups in total. The van der Waals surface area contributed by atoms with Gasteiger partial charge in [0, 0.05) is 5.03 Å². The third-order valence-electron chi connectivity index (χ3n) is 0.472. The molecule has 0 aromatic rings. The van der Waals surface area contributed by atoms with Crippen molar-refractivity contribution in [2.24, 2.45) is 0 Å². The summed E-state index contributed by atoms with van der Waals surface area (Å²) in [6.07, 6.45) is 4.85. The van der Waals surface area contributed by atoms with Gasteiger partial charge in [-0.3, -0.25) is 0 Å². The van der Waals surface area contributed by atoms with Gasteiger partial charge in [-0.2, -0.15) is 0 Å². The molecule has 0 unspecified atom stereocenters. The summed E-state index contributed by atoms with van der Waals surface area (Å²) in [5.41, 5.74) is 0. The second kappa shape index (κ2) is 3.69. The largest absolute Gasteiger partial charge is 0.0990 e. The first kappa shape index (κ1) is 6.51. The topological polar surface area (TPSA) is 0 Å². The van der Waals surface area contributed by atoms with Gasteiger partial charge in [0.25, 0.3) is 0 Å². The molecule has 0 radical (unpaired) electrons. The van der Waals surface area contributed by atoms with Gasteiger partial charge < -0.3 is 0 Å². The molecule has 0 saturated heterocycles. The van der Waals surface area contributed by atoms with E-state index in [9.17, 15) is 0 Å². The Kier molecular flexibility index (Phi) is 3.43. The van der Waals surface area contributed by atoms with Gasteiger partial charge in [-0.25, -0.2) is 0 Å². The van der Waals surface area contributed by atoms with E-state index in [-0.39, 0.29) is 0 Å². The van der Waals surface area contributed by atoms with E-state index in [4.69, 9.17) is 11.6 Å². The molecule has 0 nitrogen and oxygen atoms in total. The lowest BCUT2D eigenvalue weighted by atomic mass is 10.5. The van der Waals surface area contributed by atoms with Crippen molar-refractivity contribution < 1.29 is 0 Å². The Hall–Kier alpha value is -0.490. The molecule has 0 aromatic carbocycles. The monoisotopic (exact) mass is 114 g/mol. The third kappa shape index (κ3) is 3.34. The van der Waals surface area contributed by atoms with Gasteiger partial charge in [-0.05, 0) is 6.08 Å². The van der Waals surface area contributed by atoms with Gasteiger partial charge in [0.05, 0.1) is 0 Å². The van der Waals surface area contributed by atoms with Gasteiger partial charge in [-0.15, -0.1) is 0 Å². The highest BCUT2D eigenvalue weighted by atomic mass is 35.5. The van der Waals surface area contributed by atoms with Crippen molar-refractivity contribution in [1.82, 2.24) is 0 Å². The second-order valence-electron chi connectivity index (χ2n) is 0.991. The van der Waals surface area contributed by atoms with Crippen molar-refractivity contribution in [1.29, 1.82) is 0 Å². The summed E-state index contributed by atoms with van der Waals surface area (Å²) in [4.78, 5) is 0. The van der Waals surface area contributed by atoms with E-state index in [2.05, 4.69) is 13.2 Å². The molecule has 0 atom stereocenters. The number of hydrogen-bond donors (Lipinski definition) is 0. The van der Waals surface area contributed by atoms with E-state index < -0.39 is 0 Å². The Labute approximate surface area is 48.8 Å². The van der Waals surface area contributed by atoms with Crippen LogP contribution in [0.5, 0.6) is 0 Å². The molecule has 7 heavy (non-hydrogen) atoms. The van der Waals surface area contributed by atoms with Crippen LogP contribution in [0.15, 0.2) is 36.4 Å². The smallest absolute Gasteiger partial charge is 0.0399 e. The number of hydrogen-bond acceptors (Lipinski definition) is 0. The fourth-order valence-corrected chi connectivity index (χ4v) is 0.270. The standard InChI is InChI=1S/C6H7Cl/c1-3-5-6(7)4-2/h3-5H,1-2H2/b6-5-. The van der Waals surface area contributed by atoms with Crippen molar-refractivity contribution in [3.8, 4) is 0 Å². The zero-order valence-electron chi connectivity index (χ0n) is 4.02. The van der Waals surface area contributed by atoms with Gasteiger partial charge in [0.2, 0.25) is 0 Å². The van der Waals surface area contributed by atoms with Crippen molar-refractivity contribution in [2.75, 3.05) is 0 Å². The molecule has 0 aliphatic carbocycles. The highest BCUT2D eigenvalue weighted by molar-refractivity contribution is 6.31. The maximum absolute atomic E-state index is 5.44. The number of halogens is 1. The van der Waals surface area contributed by atoms with Crippen molar-refractivity contribution in [2.45, 2.75) is 0 Å². The molecule has 0 rings (SSSR count). The predicted molar refractivity (Wildman–Crippen MR) is 34.3 cm³/mol. The zero-order chi connectivity index (χ0) is 5.70. The Balaban J connectivity index is 3.72. The Morgan fingerprint density at radius 3 is 2.14 bits per heavy atom. The van der Waals surface area contributed by atoms with Crippen molar-refractivity contribution in [3.05, 3.63) is 36.4 Å². The van der Waals surface area contributed by atoms with E-state index in [0.29, 0.717) is 5.03 Å². The van der Waals surface area contributed by atoms with E-state index in [0.717, 1.165) is 0 Å². The van der Waals surface area contributed by atoms with Crippen molar-refractivity contribution >= 4 is 11.6 Å². The van der Waals surface area contributed by atoms with Crippen LogP contribution < -0.4 is 0 Å². The fourth-order valence-electron chi connectivity index (χ4n) is 0.181. The van der Waals surface area contributed by atoms with Gasteiger partial charge in [0.1, 0.15) is 0 Å².